The van der Waals surface area contributed by atoms with Crippen molar-refractivity contribution < 1.29 is 9.84 Å². The first kappa shape index (κ1) is 14.8. The number of aromatic nitrogens is 3. The first-order valence-electron chi connectivity index (χ1n) is 6.30. The van der Waals surface area contributed by atoms with Crippen LogP contribution in [0.5, 0.6) is 5.75 Å². The van der Waals surface area contributed by atoms with Crippen molar-refractivity contribution in [2.24, 2.45) is 0 Å². The lowest BCUT2D eigenvalue weighted by molar-refractivity contribution is 0.276. The van der Waals surface area contributed by atoms with Crippen molar-refractivity contribution in [2.75, 3.05) is 19.0 Å². The lowest BCUT2D eigenvalue weighted by Gasteiger charge is -2.07. The molecular weight excluding hydrogens is 324 g/mol. The van der Waals surface area contributed by atoms with Crippen LogP contribution in [0, 0.1) is 0 Å². The quantitative estimate of drug-likeness (QED) is 0.806. The average Bonchev–Trinajstić information content (AvgIpc) is 2.91. The van der Waals surface area contributed by atoms with Crippen molar-refractivity contribution in [3.63, 3.8) is 0 Å². The summed E-state index contributed by atoms with van der Waals surface area (Å²) in [4.78, 5) is 0. The molecule has 0 bridgehead atoms. The molecule has 2 aromatic rings. The van der Waals surface area contributed by atoms with E-state index in [0.29, 0.717) is 19.5 Å². The van der Waals surface area contributed by atoms with Gasteiger partial charge in [0.05, 0.1) is 24.3 Å². The number of aliphatic hydroxyl groups excluding tert-OH is 1. The summed E-state index contributed by atoms with van der Waals surface area (Å²) in [5.41, 5.74) is 1.83. The van der Waals surface area contributed by atoms with Crippen molar-refractivity contribution in [1.82, 2.24) is 15.0 Å². The van der Waals surface area contributed by atoms with Gasteiger partial charge < -0.3 is 15.2 Å². The monoisotopic (exact) mass is 340 g/mol. The van der Waals surface area contributed by atoms with Gasteiger partial charge in [-0.2, -0.15) is 0 Å². The molecule has 0 fully saturated rings. The molecule has 0 unspecified atom stereocenters. The molecule has 6 nitrogen and oxygen atoms in total. The number of anilines is 1. The van der Waals surface area contributed by atoms with Gasteiger partial charge >= 0.3 is 0 Å². The summed E-state index contributed by atoms with van der Waals surface area (Å²) in [6.07, 6.45) is 2.56. The van der Waals surface area contributed by atoms with Gasteiger partial charge in [-0.25, -0.2) is 0 Å². The largest absolute Gasteiger partial charge is 0.496 e. The Hall–Kier alpha value is -1.60. The van der Waals surface area contributed by atoms with Crippen LogP contribution >= 0.6 is 15.9 Å². The van der Waals surface area contributed by atoms with Gasteiger partial charge in [0.2, 0.25) is 0 Å². The van der Waals surface area contributed by atoms with Crippen LogP contribution in [0.3, 0.4) is 0 Å². The van der Waals surface area contributed by atoms with Crippen LogP contribution in [0.15, 0.2) is 28.9 Å². The second-order valence-corrected chi connectivity index (χ2v) is 5.11. The van der Waals surface area contributed by atoms with Gasteiger partial charge in [0.25, 0.3) is 0 Å². The molecule has 0 spiro atoms. The number of nitrogens with one attached hydrogen (secondary N) is 1. The molecule has 0 amide bonds. The second-order valence-electron chi connectivity index (χ2n) is 4.25. The molecule has 1 aromatic carbocycles. The smallest absolute Gasteiger partial charge is 0.133 e. The van der Waals surface area contributed by atoms with Crippen molar-refractivity contribution in [2.45, 2.75) is 19.5 Å². The number of aliphatic hydroxyl groups is 1. The van der Waals surface area contributed by atoms with Crippen LogP contribution < -0.4 is 10.1 Å². The van der Waals surface area contributed by atoms with Gasteiger partial charge in [-0.05, 0) is 40.5 Å². The van der Waals surface area contributed by atoms with E-state index in [0.717, 1.165) is 21.6 Å². The Labute approximate surface area is 125 Å². The summed E-state index contributed by atoms with van der Waals surface area (Å²) in [7, 11) is 1.64. The highest BCUT2D eigenvalue weighted by molar-refractivity contribution is 9.10. The van der Waals surface area contributed by atoms with Crippen LogP contribution in [0.4, 0.5) is 5.69 Å². The number of rotatable bonds is 7. The molecule has 2 rings (SSSR count). The zero-order valence-electron chi connectivity index (χ0n) is 11.2. The summed E-state index contributed by atoms with van der Waals surface area (Å²) in [5.74, 6) is 0.797. The first-order valence-corrected chi connectivity index (χ1v) is 7.09. The molecule has 0 aliphatic carbocycles. The Kier molecular flexibility index (Phi) is 5.37. The molecule has 20 heavy (non-hydrogen) atoms. The maximum atomic E-state index is 8.77. The summed E-state index contributed by atoms with van der Waals surface area (Å²) >= 11 is 3.45. The van der Waals surface area contributed by atoms with Gasteiger partial charge in [-0.1, -0.05) is 5.21 Å². The molecule has 1 heterocycles. The highest BCUT2D eigenvalue weighted by atomic mass is 79.9. The highest BCUT2D eigenvalue weighted by Crippen LogP contribution is 2.27. The van der Waals surface area contributed by atoms with E-state index in [4.69, 9.17) is 9.84 Å². The molecule has 0 aliphatic heterocycles. The molecule has 0 saturated heterocycles. The fourth-order valence-electron chi connectivity index (χ4n) is 1.73. The fourth-order valence-corrected chi connectivity index (χ4v) is 2.27. The lowest BCUT2D eigenvalue weighted by atomic mass is 10.3. The van der Waals surface area contributed by atoms with E-state index in [9.17, 15) is 0 Å². The van der Waals surface area contributed by atoms with E-state index in [2.05, 4.69) is 31.6 Å². The maximum Gasteiger partial charge on any atom is 0.133 e. The minimum atomic E-state index is 0.160. The number of hydrogen-bond acceptors (Lipinski definition) is 5. The van der Waals surface area contributed by atoms with Crippen LogP contribution in [-0.4, -0.2) is 33.8 Å². The summed E-state index contributed by atoms with van der Waals surface area (Å²) < 4.78 is 7.82. The molecule has 0 radical (unpaired) electrons. The van der Waals surface area contributed by atoms with Gasteiger partial charge in [0.1, 0.15) is 11.4 Å². The van der Waals surface area contributed by atoms with E-state index in [1.165, 1.54) is 0 Å². The van der Waals surface area contributed by atoms with E-state index in [1.807, 2.05) is 24.4 Å². The Morgan fingerprint density at radius 2 is 2.30 bits per heavy atom. The summed E-state index contributed by atoms with van der Waals surface area (Å²) in [5, 5.41) is 20.1. The van der Waals surface area contributed by atoms with Gasteiger partial charge in [0, 0.05) is 18.8 Å². The van der Waals surface area contributed by atoms with Gasteiger partial charge in [0.15, 0.2) is 0 Å². The number of nitrogens with zero attached hydrogens (tertiary/aromatic N) is 3. The van der Waals surface area contributed by atoms with E-state index in [1.54, 1.807) is 11.8 Å². The van der Waals surface area contributed by atoms with Crippen LogP contribution in [0.1, 0.15) is 12.1 Å². The normalized spacial score (nSPS) is 10.6. The zero-order chi connectivity index (χ0) is 14.4. The standard InChI is InChI=1S/C13H17BrN4O2/c1-20-13-4-3-10(7-12(13)14)15-8-11-9-18(17-16-11)5-2-6-19/h3-4,7,9,15,19H,2,5-6,8H2,1H3. The molecule has 0 atom stereocenters. The number of ether oxygens (including phenoxy) is 1. The summed E-state index contributed by atoms with van der Waals surface area (Å²) in [6, 6.07) is 5.79. The zero-order valence-corrected chi connectivity index (χ0v) is 12.8. The van der Waals surface area contributed by atoms with Crippen molar-refractivity contribution >= 4 is 21.6 Å². The second kappa shape index (κ2) is 7.25. The molecule has 0 saturated carbocycles. The third-order valence-electron chi connectivity index (χ3n) is 2.76. The minimum Gasteiger partial charge on any atom is -0.496 e. The lowest BCUT2D eigenvalue weighted by Crippen LogP contribution is -2.01. The molecule has 0 aliphatic rings. The summed E-state index contributed by atoms with van der Waals surface area (Å²) in [6.45, 7) is 1.43. The predicted octanol–water partition coefficient (Wildman–Crippen LogP) is 2.04. The Morgan fingerprint density at radius 3 is 3.00 bits per heavy atom. The van der Waals surface area contributed by atoms with E-state index < -0.39 is 0 Å². The van der Waals surface area contributed by atoms with Crippen molar-refractivity contribution in [3.8, 4) is 5.75 Å². The number of aryl methyl sites for hydroxylation is 1. The van der Waals surface area contributed by atoms with Crippen molar-refractivity contribution in [1.29, 1.82) is 0 Å². The molecular formula is C13H17BrN4O2. The predicted molar refractivity (Wildman–Crippen MR) is 79.7 cm³/mol. The van der Waals surface area contributed by atoms with Crippen molar-refractivity contribution in [3.05, 3.63) is 34.6 Å². The highest BCUT2D eigenvalue weighted by Gasteiger charge is 2.03. The molecule has 1 aromatic heterocycles. The Bertz CT molecular complexity index is 559. The number of benzene rings is 1. The van der Waals surface area contributed by atoms with Crippen LogP contribution in [0.25, 0.3) is 0 Å². The van der Waals surface area contributed by atoms with E-state index in [-0.39, 0.29) is 6.61 Å². The van der Waals surface area contributed by atoms with Gasteiger partial charge in [-0.15, -0.1) is 5.10 Å². The topological polar surface area (TPSA) is 72.2 Å². The third-order valence-corrected chi connectivity index (χ3v) is 3.38. The van der Waals surface area contributed by atoms with E-state index >= 15 is 0 Å². The molecule has 108 valence electrons. The maximum absolute atomic E-state index is 8.77. The molecule has 2 N–H and O–H groups in total. The van der Waals surface area contributed by atoms with Crippen LogP contribution in [0.2, 0.25) is 0 Å². The molecule has 7 heteroatoms. The Morgan fingerprint density at radius 1 is 1.45 bits per heavy atom. The SMILES string of the molecule is COc1ccc(NCc2cn(CCCO)nn2)cc1Br. The third kappa shape index (κ3) is 3.94. The van der Waals surface area contributed by atoms with Crippen LogP contribution in [-0.2, 0) is 13.1 Å². The number of hydrogen-bond donors (Lipinski definition) is 2. The minimum absolute atomic E-state index is 0.160. The fraction of sp³-hybridized carbons (Fsp3) is 0.385. The first-order chi connectivity index (χ1) is 9.72. The number of halogens is 1. The van der Waals surface area contributed by atoms with Gasteiger partial charge in [-0.3, -0.25) is 4.68 Å². The Balaban J connectivity index is 1.91. The average molecular weight is 341 g/mol. The number of methoxy groups -OCH3 is 1.